The number of terminal acetylenes is 3. The van der Waals surface area contributed by atoms with Gasteiger partial charge in [-0.15, -0.1) is 19.3 Å². The number of carbonyl (C=O) groups is 3. The van der Waals surface area contributed by atoms with Crippen LogP contribution in [0, 0.1) is 37.0 Å². The van der Waals surface area contributed by atoms with Crippen LogP contribution in [0.3, 0.4) is 0 Å². The number of esters is 3. The lowest BCUT2D eigenvalue weighted by molar-refractivity contribution is -0.140. The van der Waals surface area contributed by atoms with Gasteiger partial charge in [0.1, 0.15) is 75.2 Å². The van der Waals surface area contributed by atoms with Crippen molar-refractivity contribution in [1.29, 1.82) is 0 Å². The molecule has 0 spiro atoms. The topological polar surface area (TPSA) is 167 Å². The van der Waals surface area contributed by atoms with Crippen LogP contribution in [0.25, 0.3) is 0 Å². The highest BCUT2D eigenvalue weighted by Gasteiger charge is 2.32. The van der Waals surface area contributed by atoms with Crippen molar-refractivity contribution in [2.45, 2.75) is 49.9 Å². The van der Waals surface area contributed by atoms with E-state index in [4.69, 9.17) is 47.7 Å². The van der Waals surface area contributed by atoms with Gasteiger partial charge in [0.15, 0.2) is 0 Å². The molecule has 0 aliphatic heterocycles. The second kappa shape index (κ2) is 21.1. The standard InChI is InChI=1S/C47H46O12/c1-7-43(51)57-29-37(48)26-54-40-20-14-33(15-21-40)46(4,5)32-10-12-34(13-11-32)47(6,35-16-22-41(23-17-35)55-27-38(49)30-58-44(52)8-2)36-18-24-42(25-19-36)56-28-39(50)31-59-45(53)9-3/h1-3,10-25,37-39,48-50H,26-31H2,4-6H3. The van der Waals surface area contributed by atoms with E-state index in [1.165, 1.54) is 0 Å². The molecule has 306 valence electrons. The summed E-state index contributed by atoms with van der Waals surface area (Å²) in [5.41, 5.74) is 3.79. The van der Waals surface area contributed by atoms with Gasteiger partial charge >= 0.3 is 17.9 Å². The van der Waals surface area contributed by atoms with E-state index in [1.807, 2.05) is 66.3 Å². The normalized spacial score (nSPS) is 13.4. The molecule has 0 bridgehead atoms. The molecule has 59 heavy (non-hydrogen) atoms. The molecule has 0 aliphatic rings. The van der Waals surface area contributed by atoms with E-state index in [1.54, 1.807) is 24.3 Å². The lowest BCUT2D eigenvalue weighted by Crippen LogP contribution is -2.27. The quantitative estimate of drug-likeness (QED) is 0.0386. The molecule has 4 aromatic carbocycles. The summed E-state index contributed by atoms with van der Waals surface area (Å²) in [6, 6.07) is 30.8. The van der Waals surface area contributed by atoms with E-state index in [0.717, 1.165) is 27.8 Å². The molecule has 0 saturated carbocycles. The van der Waals surface area contributed by atoms with E-state index in [0.29, 0.717) is 17.2 Å². The molecule has 0 aliphatic carbocycles. The van der Waals surface area contributed by atoms with E-state index in [-0.39, 0.29) is 39.6 Å². The molecule has 0 amide bonds. The lowest BCUT2D eigenvalue weighted by atomic mass is 9.70. The van der Waals surface area contributed by atoms with Crippen LogP contribution < -0.4 is 14.2 Å². The maximum atomic E-state index is 11.2. The van der Waals surface area contributed by atoms with Crippen molar-refractivity contribution in [3.05, 3.63) is 125 Å². The summed E-state index contributed by atoms with van der Waals surface area (Å²) in [5, 5.41) is 30.4. The maximum absolute atomic E-state index is 11.2. The molecular weight excluding hydrogens is 757 g/mol. The molecule has 0 saturated heterocycles. The molecule has 3 unspecified atom stereocenters. The van der Waals surface area contributed by atoms with E-state index in [9.17, 15) is 29.7 Å². The Morgan fingerprint density at radius 3 is 0.966 bits per heavy atom. The average Bonchev–Trinajstić information content (AvgIpc) is 3.27. The Morgan fingerprint density at radius 2 is 0.695 bits per heavy atom. The first kappa shape index (κ1) is 45.0. The minimum Gasteiger partial charge on any atom is -0.491 e. The highest BCUT2D eigenvalue weighted by atomic mass is 16.6. The van der Waals surface area contributed by atoms with Gasteiger partial charge in [-0.3, -0.25) is 0 Å². The zero-order chi connectivity index (χ0) is 43.0. The molecule has 3 atom stereocenters. The van der Waals surface area contributed by atoms with Crippen LogP contribution in [0.2, 0.25) is 0 Å². The first-order chi connectivity index (χ1) is 28.2. The van der Waals surface area contributed by atoms with Crippen molar-refractivity contribution in [1.82, 2.24) is 0 Å². The first-order valence-electron chi connectivity index (χ1n) is 18.4. The molecule has 4 aromatic rings. The second-order valence-electron chi connectivity index (χ2n) is 14.0. The van der Waals surface area contributed by atoms with Crippen molar-refractivity contribution < 1.29 is 58.1 Å². The number of carbonyl (C=O) groups excluding carboxylic acids is 3. The van der Waals surface area contributed by atoms with Crippen LogP contribution in [0.15, 0.2) is 97.1 Å². The van der Waals surface area contributed by atoms with Gasteiger partial charge in [0, 0.05) is 28.6 Å². The van der Waals surface area contributed by atoms with Crippen molar-refractivity contribution in [3.63, 3.8) is 0 Å². The number of rotatable bonds is 20. The fourth-order valence-corrected chi connectivity index (χ4v) is 5.99. The Bertz CT molecular complexity index is 2050. The van der Waals surface area contributed by atoms with E-state index in [2.05, 4.69) is 45.0 Å². The number of ether oxygens (including phenoxy) is 6. The third-order valence-corrected chi connectivity index (χ3v) is 9.52. The van der Waals surface area contributed by atoms with Gasteiger partial charge in [0.05, 0.1) is 0 Å². The van der Waals surface area contributed by atoms with Gasteiger partial charge in [0.25, 0.3) is 0 Å². The molecule has 0 heterocycles. The maximum Gasteiger partial charge on any atom is 0.384 e. The van der Waals surface area contributed by atoms with Crippen molar-refractivity contribution >= 4 is 17.9 Å². The smallest absolute Gasteiger partial charge is 0.384 e. The van der Waals surface area contributed by atoms with Crippen molar-refractivity contribution in [2.24, 2.45) is 0 Å². The summed E-state index contributed by atoms with van der Waals surface area (Å²) in [5.74, 6) is 4.39. The Morgan fingerprint density at radius 1 is 0.458 bits per heavy atom. The fourth-order valence-electron chi connectivity index (χ4n) is 5.99. The predicted octanol–water partition coefficient (Wildman–Crippen LogP) is 4.12. The fraction of sp³-hybridized carbons (Fsp3) is 0.298. The van der Waals surface area contributed by atoms with Crippen LogP contribution >= 0.6 is 0 Å². The van der Waals surface area contributed by atoms with Crippen LogP contribution in [0.1, 0.15) is 48.6 Å². The zero-order valence-electron chi connectivity index (χ0n) is 33.0. The first-order valence-corrected chi connectivity index (χ1v) is 18.4. The summed E-state index contributed by atoms with van der Waals surface area (Å²) in [4.78, 5) is 33.6. The number of benzene rings is 4. The van der Waals surface area contributed by atoms with Crippen molar-refractivity contribution in [3.8, 4) is 54.3 Å². The highest BCUT2D eigenvalue weighted by Crippen LogP contribution is 2.41. The Hall–Kier alpha value is -6.75. The third-order valence-electron chi connectivity index (χ3n) is 9.52. The van der Waals surface area contributed by atoms with E-state index < -0.39 is 47.0 Å². The van der Waals surface area contributed by atoms with Crippen LogP contribution in [0.4, 0.5) is 0 Å². The molecule has 12 nitrogen and oxygen atoms in total. The van der Waals surface area contributed by atoms with Gasteiger partial charge in [-0.2, -0.15) is 0 Å². The minimum atomic E-state index is -1.08. The van der Waals surface area contributed by atoms with Gasteiger partial charge in [-0.05, 0) is 71.1 Å². The summed E-state index contributed by atoms with van der Waals surface area (Å²) in [7, 11) is 0. The number of hydrogen-bond donors (Lipinski definition) is 3. The largest absolute Gasteiger partial charge is 0.491 e. The molecule has 0 radical (unpaired) electrons. The van der Waals surface area contributed by atoms with E-state index >= 15 is 0 Å². The Kier molecular flexibility index (Phi) is 16.1. The number of aliphatic hydroxyl groups excluding tert-OH is 3. The molecule has 12 heteroatoms. The Balaban J connectivity index is 1.55. The summed E-state index contributed by atoms with van der Waals surface area (Å²) < 4.78 is 31.5. The van der Waals surface area contributed by atoms with Crippen molar-refractivity contribution in [2.75, 3.05) is 39.6 Å². The second-order valence-corrected chi connectivity index (χ2v) is 14.0. The SMILES string of the molecule is C#CC(=O)OCC(O)COc1ccc(C(C)(C)c2ccc(C(C)(c3ccc(OCC(O)COC(=O)C#C)cc3)c3ccc(OCC(O)COC(=O)C#C)cc3)cc2)cc1. The van der Waals surface area contributed by atoms with Gasteiger partial charge in [0.2, 0.25) is 0 Å². The van der Waals surface area contributed by atoms with Crippen LogP contribution in [-0.2, 0) is 39.4 Å². The van der Waals surface area contributed by atoms with Gasteiger partial charge in [-0.1, -0.05) is 74.5 Å². The predicted molar refractivity (Wildman–Crippen MR) is 217 cm³/mol. The molecule has 0 fully saturated rings. The molecule has 3 N–H and O–H groups in total. The van der Waals surface area contributed by atoms with Crippen LogP contribution in [-0.4, -0.2) is 91.2 Å². The average molecular weight is 803 g/mol. The number of hydrogen-bond acceptors (Lipinski definition) is 12. The van der Waals surface area contributed by atoms with Gasteiger partial charge < -0.3 is 43.7 Å². The molecular formula is C47H46O12. The Labute approximate surface area is 344 Å². The summed E-state index contributed by atoms with van der Waals surface area (Å²) in [6.07, 6.45) is 11.8. The number of aliphatic hydroxyl groups is 3. The molecule has 0 aromatic heterocycles. The third kappa shape index (κ3) is 12.6. The van der Waals surface area contributed by atoms with Crippen LogP contribution in [0.5, 0.6) is 17.2 Å². The lowest BCUT2D eigenvalue weighted by Gasteiger charge is -2.33. The monoisotopic (exact) mass is 802 g/mol. The van der Waals surface area contributed by atoms with Gasteiger partial charge in [-0.25, -0.2) is 14.4 Å². The highest BCUT2D eigenvalue weighted by molar-refractivity contribution is 5.88. The molecule has 4 rings (SSSR count). The zero-order valence-corrected chi connectivity index (χ0v) is 33.0. The summed E-state index contributed by atoms with van der Waals surface area (Å²) >= 11 is 0. The minimum absolute atomic E-state index is 0.0861. The summed E-state index contributed by atoms with van der Waals surface area (Å²) in [6.45, 7) is 5.11.